The van der Waals surface area contributed by atoms with Crippen molar-refractivity contribution in [2.24, 2.45) is 11.1 Å². The molecule has 0 saturated heterocycles. The fraction of sp³-hybridized carbons (Fsp3) is 0.381. The minimum absolute atomic E-state index is 0. The Morgan fingerprint density at radius 1 is 1.07 bits per heavy atom. The summed E-state index contributed by atoms with van der Waals surface area (Å²) >= 11 is 0. The fourth-order valence-corrected chi connectivity index (χ4v) is 2.65. The predicted octanol–water partition coefficient (Wildman–Crippen LogP) is 4.29. The van der Waals surface area contributed by atoms with E-state index >= 15 is 0 Å². The number of methoxy groups -OCH3 is 1. The number of halogens is 1. The first-order chi connectivity index (χ1) is 12.4. The van der Waals surface area contributed by atoms with Gasteiger partial charge in [0.1, 0.15) is 6.61 Å². The van der Waals surface area contributed by atoms with Gasteiger partial charge in [0.25, 0.3) is 0 Å². The second-order valence-electron chi connectivity index (χ2n) is 6.60. The van der Waals surface area contributed by atoms with Gasteiger partial charge in [-0.2, -0.15) is 0 Å². The van der Waals surface area contributed by atoms with Crippen molar-refractivity contribution in [3.05, 3.63) is 59.7 Å². The van der Waals surface area contributed by atoms with E-state index in [0.29, 0.717) is 24.7 Å². The molecule has 0 aromatic heterocycles. The van der Waals surface area contributed by atoms with E-state index in [0.717, 1.165) is 11.1 Å². The summed E-state index contributed by atoms with van der Waals surface area (Å²) in [7, 11) is 1.36. The van der Waals surface area contributed by atoms with Crippen LogP contribution in [0.4, 0.5) is 0 Å². The van der Waals surface area contributed by atoms with Gasteiger partial charge in [0.2, 0.25) is 0 Å². The number of rotatable bonds is 8. The molecule has 27 heavy (non-hydrogen) atoms. The Balaban J connectivity index is 0.00000364. The van der Waals surface area contributed by atoms with Crippen molar-refractivity contribution in [1.29, 1.82) is 0 Å². The van der Waals surface area contributed by atoms with Crippen LogP contribution in [-0.2, 0) is 16.1 Å². The lowest BCUT2D eigenvalue weighted by Crippen LogP contribution is -2.37. The number of hydrogen-bond donors (Lipinski definition) is 1. The van der Waals surface area contributed by atoms with Crippen molar-refractivity contribution >= 4 is 18.4 Å². The van der Waals surface area contributed by atoms with Gasteiger partial charge in [-0.15, -0.1) is 12.4 Å². The SMILES string of the molecule is CCOc1cc([C@@H](N)C(C)(C)C(=O)OC)ccc1OCc1ccccc1.Cl. The minimum Gasteiger partial charge on any atom is -0.490 e. The molecule has 2 rings (SSSR count). The van der Waals surface area contributed by atoms with Gasteiger partial charge in [-0.1, -0.05) is 36.4 Å². The zero-order chi connectivity index (χ0) is 19.2. The molecule has 2 aromatic carbocycles. The summed E-state index contributed by atoms with van der Waals surface area (Å²) in [6.07, 6.45) is 0. The first kappa shape index (κ1) is 22.8. The average molecular weight is 394 g/mol. The molecule has 1 atom stereocenters. The van der Waals surface area contributed by atoms with Crippen molar-refractivity contribution in [3.8, 4) is 11.5 Å². The summed E-state index contributed by atoms with van der Waals surface area (Å²) in [5.74, 6) is 0.895. The van der Waals surface area contributed by atoms with E-state index in [9.17, 15) is 4.79 Å². The zero-order valence-electron chi connectivity index (χ0n) is 16.2. The molecule has 0 fully saturated rings. The molecule has 2 N–H and O–H groups in total. The van der Waals surface area contributed by atoms with Crippen molar-refractivity contribution in [2.45, 2.75) is 33.4 Å². The molecular weight excluding hydrogens is 366 g/mol. The molecule has 0 aliphatic heterocycles. The van der Waals surface area contributed by atoms with Crippen LogP contribution in [0.3, 0.4) is 0 Å². The number of ether oxygens (including phenoxy) is 3. The molecule has 0 spiro atoms. The molecule has 0 bridgehead atoms. The van der Waals surface area contributed by atoms with Gasteiger partial charge in [0.05, 0.1) is 19.1 Å². The maximum atomic E-state index is 12.0. The van der Waals surface area contributed by atoms with Gasteiger partial charge in [-0.3, -0.25) is 4.79 Å². The summed E-state index contributed by atoms with van der Waals surface area (Å²) in [6.45, 7) is 6.39. The molecule has 0 radical (unpaired) electrons. The summed E-state index contributed by atoms with van der Waals surface area (Å²) in [6, 6.07) is 14.9. The minimum atomic E-state index is -0.857. The molecular formula is C21H28ClNO4. The maximum Gasteiger partial charge on any atom is 0.313 e. The Morgan fingerprint density at radius 2 is 1.74 bits per heavy atom. The fourth-order valence-electron chi connectivity index (χ4n) is 2.65. The molecule has 5 nitrogen and oxygen atoms in total. The molecule has 0 aliphatic carbocycles. The highest BCUT2D eigenvalue weighted by Crippen LogP contribution is 2.37. The number of esters is 1. The number of nitrogens with two attached hydrogens (primary N) is 1. The van der Waals surface area contributed by atoms with E-state index in [4.69, 9.17) is 19.9 Å². The topological polar surface area (TPSA) is 70.8 Å². The van der Waals surface area contributed by atoms with Crippen LogP contribution in [-0.4, -0.2) is 19.7 Å². The summed E-state index contributed by atoms with van der Waals surface area (Å²) in [4.78, 5) is 12.0. The van der Waals surface area contributed by atoms with E-state index in [-0.39, 0.29) is 18.4 Å². The molecule has 0 saturated carbocycles. The van der Waals surface area contributed by atoms with Gasteiger partial charge in [-0.25, -0.2) is 0 Å². The molecule has 0 heterocycles. The molecule has 0 amide bonds. The van der Waals surface area contributed by atoms with E-state index in [2.05, 4.69) is 0 Å². The highest BCUT2D eigenvalue weighted by atomic mass is 35.5. The largest absolute Gasteiger partial charge is 0.490 e. The van der Waals surface area contributed by atoms with Gasteiger partial charge in [-0.05, 0) is 44.0 Å². The van der Waals surface area contributed by atoms with Gasteiger partial charge >= 0.3 is 5.97 Å². The molecule has 0 unspecified atom stereocenters. The molecule has 6 heteroatoms. The van der Waals surface area contributed by atoms with Crippen molar-refractivity contribution < 1.29 is 19.0 Å². The highest BCUT2D eigenvalue weighted by molar-refractivity contribution is 5.85. The Hall–Kier alpha value is -2.24. The molecule has 148 valence electrons. The zero-order valence-corrected chi connectivity index (χ0v) is 17.0. The van der Waals surface area contributed by atoms with Gasteiger partial charge < -0.3 is 19.9 Å². The van der Waals surface area contributed by atoms with E-state index < -0.39 is 11.5 Å². The quantitative estimate of drug-likeness (QED) is 0.677. The average Bonchev–Trinajstić information content (AvgIpc) is 2.66. The lowest BCUT2D eigenvalue weighted by Gasteiger charge is -2.29. The Morgan fingerprint density at radius 3 is 2.33 bits per heavy atom. The van der Waals surface area contributed by atoms with Crippen LogP contribution in [0.25, 0.3) is 0 Å². The van der Waals surface area contributed by atoms with Crippen molar-refractivity contribution in [2.75, 3.05) is 13.7 Å². The van der Waals surface area contributed by atoms with Crippen LogP contribution >= 0.6 is 12.4 Å². The van der Waals surface area contributed by atoms with Crippen LogP contribution < -0.4 is 15.2 Å². The van der Waals surface area contributed by atoms with E-state index in [1.54, 1.807) is 13.8 Å². The van der Waals surface area contributed by atoms with Crippen LogP contribution in [0.1, 0.15) is 37.9 Å². The second kappa shape index (κ2) is 10.2. The first-order valence-corrected chi connectivity index (χ1v) is 8.67. The van der Waals surface area contributed by atoms with Crippen molar-refractivity contribution in [1.82, 2.24) is 0 Å². The van der Waals surface area contributed by atoms with Crippen LogP contribution in [0.2, 0.25) is 0 Å². The van der Waals surface area contributed by atoms with Crippen molar-refractivity contribution in [3.63, 3.8) is 0 Å². The maximum absolute atomic E-state index is 12.0. The number of carbonyl (C=O) groups is 1. The highest BCUT2D eigenvalue weighted by Gasteiger charge is 2.37. The summed E-state index contributed by atoms with van der Waals surface area (Å²) in [5, 5.41) is 0. The first-order valence-electron chi connectivity index (χ1n) is 8.67. The monoisotopic (exact) mass is 393 g/mol. The number of carbonyl (C=O) groups excluding carboxylic acids is 1. The van der Waals surface area contributed by atoms with E-state index in [1.165, 1.54) is 7.11 Å². The smallest absolute Gasteiger partial charge is 0.313 e. The third-order valence-electron chi connectivity index (χ3n) is 4.35. The van der Waals surface area contributed by atoms with Crippen LogP contribution in [0.5, 0.6) is 11.5 Å². The van der Waals surface area contributed by atoms with Gasteiger partial charge in [0.15, 0.2) is 11.5 Å². The lowest BCUT2D eigenvalue weighted by atomic mass is 9.81. The van der Waals surface area contributed by atoms with Crippen LogP contribution in [0, 0.1) is 5.41 Å². The Bertz CT molecular complexity index is 734. The standard InChI is InChI=1S/C21H27NO4.ClH/c1-5-25-18-13-16(19(22)21(2,3)20(23)24-4)11-12-17(18)26-14-15-9-7-6-8-10-15;/h6-13,19H,5,14,22H2,1-4H3;1H/t19-;/m1./s1. The summed E-state index contributed by atoms with van der Waals surface area (Å²) < 4.78 is 16.5. The summed E-state index contributed by atoms with van der Waals surface area (Å²) in [5.41, 5.74) is 7.34. The Kier molecular flexibility index (Phi) is 8.60. The Labute approximate surface area is 167 Å². The normalized spacial score (nSPS) is 11.9. The lowest BCUT2D eigenvalue weighted by molar-refractivity contribution is -0.152. The third-order valence-corrected chi connectivity index (χ3v) is 4.35. The number of benzene rings is 2. The van der Waals surface area contributed by atoms with Crippen LogP contribution in [0.15, 0.2) is 48.5 Å². The van der Waals surface area contributed by atoms with E-state index in [1.807, 2.05) is 55.5 Å². The van der Waals surface area contributed by atoms with Gasteiger partial charge in [0, 0.05) is 6.04 Å². The predicted molar refractivity (Wildman–Crippen MR) is 108 cm³/mol. The molecule has 0 aliphatic rings. The molecule has 2 aromatic rings. The second-order valence-corrected chi connectivity index (χ2v) is 6.60. The number of hydrogen-bond acceptors (Lipinski definition) is 5. The third kappa shape index (κ3) is 5.62.